The minimum atomic E-state index is 0.112. The van der Waals surface area contributed by atoms with Crippen LogP contribution in [0.4, 0.5) is 5.69 Å². The minimum Gasteiger partial charge on any atom is -0.496 e. The molecule has 0 amide bonds. The second kappa shape index (κ2) is 9.42. The number of rotatable bonds is 10. The van der Waals surface area contributed by atoms with E-state index in [4.69, 9.17) is 4.74 Å². The highest BCUT2D eigenvalue weighted by Crippen LogP contribution is 2.34. The third kappa shape index (κ3) is 4.76. The highest BCUT2D eigenvalue weighted by atomic mass is 16.5. The highest BCUT2D eigenvalue weighted by molar-refractivity contribution is 5.61. The summed E-state index contributed by atoms with van der Waals surface area (Å²) in [6.45, 7) is 10.4. The van der Waals surface area contributed by atoms with E-state index in [9.17, 15) is 5.11 Å². The van der Waals surface area contributed by atoms with Gasteiger partial charge >= 0.3 is 0 Å². The van der Waals surface area contributed by atoms with E-state index in [2.05, 4.69) is 36.7 Å². The molecule has 0 radical (unpaired) electrons. The van der Waals surface area contributed by atoms with Crippen molar-refractivity contribution in [3.05, 3.63) is 36.4 Å². The van der Waals surface area contributed by atoms with Crippen LogP contribution in [0.2, 0.25) is 0 Å². The van der Waals surface area contributed by atoms with Gasteiger partial charge in [0.2, 0.25) is 0 Å². The normalized spacial score (nSPS) is 12.0. The van der Waals surface area contributed by atoms with Gasteiger partial charge in [-0.3, -0.25) is 0 Å². The van der Waals surface area contributed by atoms with Gasteiger partial charge in [-0.05, 0) is 32.0 Å². The zero-order valence-corrected chi connectivity index (χ0v) is 13.4. The molecule has 118 valence electrons. The molecule has 0 saturated carbocycles. The van der Waals surface area contributed by atoms with Crippen LogP contribution in [0.3, 0.4) is 0 Å². The van der Waals surface area contributed by atoms with E-state index in [1.165, 1.54) is 0 Å². The lowest BCUT2D eigenvalue weighted by molar-refractivity contribution is 0.302. The number of hydrogen-bond acceptors (Lipinski definition) is 4. The maximum atomic E-state index is 9.30. The Morgan fingerprint density at radius 1 is 1.48 bits per heavy atom. The van der Waals surface area contributed by atoms with Gasteiger partial charge in [0.1, 0.15) is 5.75 Å². The number of methoxy groups -OCH3 is 1. The largest absolute Gasteiger partial charge is 0.496 e. The highest BCUT2D eigenvalue weighted by Gasteiger charge is 2.19. The molecule has 0 aliphatic rings. The molecule has 21 heavy (non-hydrogen) atoms. The van der Waals surface area contributed by atoms with Crippen molar-refractivity contribution in [2.24, 2.45) is 0 Å². The number of aliphatic hydroxyl groups excluding tert-OH is 1. The molecule has 1 atom stereocenters. The predicted octanol–water partition coefficient (Wildman–Crippen LogP) is 2.74. The standard InChI is InChI=1S/C17H28N2O2/c1-5-10-18-14(3)17-15(8-7-9-16(17)21-4)19(11-6-2)12-13-20/h6-9,14,18,20H,2,5,10-13H2,1,3-4H3. The van der Waals surface area contributed by atoms with Gasteiger partial charge in [0.05, 0.1) is 13.7 Å². The molecule has 2 N–H and O–H groups in total. The molecule has 0 aliphatic carbocycles. The second-order valence-corrected chi connectivity index (χ2v) is 5.03. The molecular weight excluding hydrogens is 264 g/mol. The van der Waals surface area contributed by atoms with E-state index in [0.717, 1.165) is 30.0 Å². The fourth-order valence-corrected chi connectivity index (χ4v) is 2.47. The van der Waals surface area contributed by atoms with Crippen molar-refractivity contribution >= 4 is 5.69 Å². The Hall–Kier alpha value is -1.52. The lowest BCUT2D eigenvalue weighted by Gasteiger charge is -2.29. The number of anilines is 1. The van der Waals surface area contributed by atoms with Crippen LogP contribution in [-0.4, -0.2) is 38.5 Å². The van der Waals surface area contributed by atoms with Crippen LogP contribution in [0.15, 0.2) is 30.9 Å². The van der Waals surface area contributed by atoms with Gasteiger partial charge in [-0.15, -0.1) is 6.58 Å². The van der Waals surface area contributed by atoms with Crippen LogP contribution in [0, 0.1) is 0 Å². The Kier molecular flexibility index (Phi) is 7.87. The quantitative estimate of drug-likeness (QED) is 0.651. The first kappa shape index (κ1) is 17.5. The molecule has 0 saturated heterocycles. The van der Waals surface area contributed by atoms with Crippen LogP contribution >= 0.6 is 0 Å². The monoisotopic (exact) mass is 292 g/mol. The lowest BCUT2D eigenvalue weighted by Crippen LogP contribution is -2.30. The van der Waals surface area contributed by atoms with E-state index in [-0.39, 0.29) is 12.6 Å². The zero-order valence-electron chi connectivity index (χ0n) is 13.4. The fraction of sp³-hybridized carbons (Fsp3) is 0.529. The van der Waals surface area contributed by atoms with E-state index >= 15 is 0 Å². The number of ether oxygens (including phenoxy) is 1. The molecule has 0 aliphatic heterocycles. The topological polar surface area (TPSA) is 44.7 Å². The van der Waals surface area contributed by atoms with Crippen LogP contribution in [-0.2, 0) is 0 Å². The molecule has 0 bridgehead atoms. The van der Waals surface area contributed by atoms with Gasteiger partial charge < -0.3 is 20.1 Å². The fourth-order valence-electron chi connectivity index (χ4n) is 2.47. The molecule has 1 unspecified atom stereocenters. The summed E-state index contributed by atoms with van der Waals surface area (Å²) in [6.07, 6.45) is 2.94. The van der Waals surface area contributed by atoms with E-state index in [1.54, 1.807) is 7.11 Å². The van der Waals surface area contributed by atoms with Gasteiger partial charge in [0, 0.05) is 30.4 Å². The summed E-state index contributed by atoms with van der Waals surface area (Å²) in [7, 11) is 1.69. The van der Waals surface area contributed by atoms with Crippen molar-refractivity contribution in [2.45, 2.75) is 26.3 Å². The second-order valence-electron chi connectivity index (χ2n) is 5.03. The van der Waals surface area contributed by atoms with Gasteiger partial charge in [-0.1, -0.05) is 19.1 Å². The number of nitrogens with zero attached hydrogens (tertiary/aromatic N) is 1. The Morgan fingerprint density at radius 3 is 2.81 bits per heavy atom. The van der Waals surface area contributed by atoms with E-state index in [1.807, 2.05) is 18.2 Å². The van der Waals surface area contributed by atoms with Crippen molar-refractivity contribution < 1.29 is 9.84 Å². The summed E-state index contributed by atoms with van der Waals surface area (Å²) in [4.78, 5) is 2.12. The smallest absolute Gasteiger partial charge is 0.125 e. The lowest BCUT2D eigenvalue weighted by atomic mass is 10.0. The Bertz CT molecular complexity index is 435. The molecule has 4 heteroatoms. The maximum absolute atomic E-state index is 9.30. The van der Waals surface area contributed by atoms with Crippen LogP contribution in [0.5, 0.6) is 5.75 Å². The number of benzene rings is 1. The summed E-state index contributed by atoms with van der Waals surface area (Å²) in [5.41, 5.74) is 2.21. The van der Waals surface area contributed by atoms with Crippen molar-refractivity contribution in [3.8, 4) is 5.75 Å². The van der Waals surface area contributed by atoms with Crippen molar-refractivity contribution in [2.75, 3.05) is 38.3 Å². The average Bonchev–Trinajstić information content (AvgIpc) is 2.51. The predicted molar refractivity (Wildman–Crippen MR) is 89.2 cm³/mol. The molecule has 0 fully saturated rings. The first-order chi connectivity index (χ1) is 10.2. The summed E-state index contributed by atoms with van der Waals surface area (Å²) in [5, 5.41) is 12.8. The molecule has 1 aromatic rings. The molecular formula is C17H28N2O2. The number of aliphatic hydroxyl groups is 1. The Labute approximate surface area is 128 Å². The SMILES string of the molecule is C=CCN(CCO)c1cccc(OC)c1C(C)NCCC. The third-order valence-electron chi connectivity index (χ3n) is 3.46. The molecule has 1 rings (SSSR count). The molecule has 4 nitrogen and oxygen atoms in total. The van der Waals surface area contributed by atoms with Gasteiger partial charge in [-0.2, -0.15) is 0 Å². The molecule has 1 aromatic carbocycles. The minimum absolute atomic E-state index is 0.112. The van der Waals surface area contributed by atoms with Crippen LogP contribution in [0.1, 0.15) is 31.9 Å². The maximum Gasteiger partial charge on any atom is 0.125 e. The third-order valence-corrected chi connectivity index (χ3v) is 3.46. The first-order valence-electron chi connectivity index (χ1n) is 7.56. The Morgan fingerprint density at radius 2 is 2.24 bits per heavy atom. The van der Waals surface area contributed by atoms with E-state index in [0.29, 0.717) is 13.1 Å². The van der Waals surface area contributed by atoms with Crippen LogP contribution in [0.25, 0.3) is 0 Å². The van der Waals surface area contributed by atoms with Gasteiger partial charge in [0.15, 0.2) is 0 Å². The summed E-state index contributed by atoms with van der Waals surface area (Å²) >= 11 is 0. The number of hydrogen-bond donors (Lipinski definition) is 2. The molecule has 0 spiro atoms. The molecule has 0 heterocycles. The van der Waals surface area contributed by atoms with Crippen molar-refractivity contribution in [1.82, 2.24) is 5.32 Å². The Balaban J connectivity index is 3.19. The zero-order chi connectivity index (χ0) is 15.7. The van der Waals surface area contributed by atoms with Gasteiger partial charge in [-0.25, -0.2) is 0 Å². The van der Waals surface area contributed by atoms with Gasteiger partial charge in [0.25, 0.3) is 0 Å². The van der Waals surface area contributed by atoms with E-state index < -0.39 is 0 Å². The summed E-state index contributed by atoms with van der Waals surface area (Å²) in [5.74, 6) is 0.871. The molecule has 0 aromatic heterocycles. The summed E-state index contributed by atoms with van der Waals surface area (Å²) in [6, 6.07) is 6.22. The summed E-state index contributed by atoms with van der Waals surface area (Å²) < 4.78 is 5.54. The first-order valence-corrected chi connectivity index (χ1v) is 7.56. The average molecular weight is 292 g/mol. The van der Waals surface area contributed by atoms with Crippen molar-refractivity contribution in [3.63, 3.8) is 0 Å². The number of nitrogens with one attached hydrogen (secondary N) is 1. The van der Waals surface area contributed by atoms with Crippen molar-refractivity contribution in [1.29, 1.82) is 0 Å². The van der Waals surface area contributed by atoms with Crippen LogP contribution < -0.4 is 15.0 Å².